The predicted molar refractivity (Wildman–Crippen MR) is 106 cm³/mol. The van der Waals surface area contributed by atoms with E-state index in [9.17, 15) is 0 Å². The van der Waals surface area contributed by atoms with Gasteiger partial charge in [-0.3, -0.25) is 9.98 Å². The van der Waals surface area contributed by atoms with Crippen LogP contribution in [0.25, 0.3) is 0 Å². The first kappa shape index (κ1) is 18.4. The smallest absolute Gasteiger partial charge is 0.135 e. The fourth-order valence-electron chi connectivity index (χ4n) is 3.23. The Hall–Kier alpha value is -2.40. The van der Waals surface area contributed by atoms with Gasteiger partial charge in [0.05, 0.1) is 30.6 Å². The maximum Gasteiger partial charge on any atom is 0.135 e. The van der Waals surface area contributed by atoms with E-state index in [-0.39, 0.29) is 6.04 Å². The summed E-state index contributed by atoms with van der Waals surface area (Å²) in [5.74, 6) is 1.36. The maximum atomic E-state index is 5.58. The Morgan fingerprint density at radius 1 is 1.50 bits per heavy atom. The van der Waals surface area contributed by atoms with Gasteiger partial charge < -0.3 is 15.4 Å². The lowest BCUT2D eigenvalue weighted by Gasteiger charge is -2.23. The number of pyridine rings is 1. The summed E-state index contributed by atoms with van der Waals surface area (Å²) in [5.41, 5.74) is 5.60. The second-order valence-corrected chi connectivity index (χ2v) is 6.73. The minimum Gasteiger partial charge on any atom is -0.492 e. The van der Waals surface area contributed by atoms with Crippen LogP contribution in [0.4, 0.5) is 0 Å². The van der Waals surface area contributed by atoms with Crippen LogP contribution in [-0.4, -0.2) is 30.9 Å². The molecule has 2 aliphatic rings. The molecule has 1 atom stereocenters. The Labute approximate surface area is 156 Å². The lowest BCUT2D eigenvalue weighted by molar-refractivity contribution is 0.236. The zero-order valence-electron chi connectivity index (χ0n) is 15.9. The van der Waals surface area contributed by atoms with Crippen molar-refractivity contribution in [2.45, 2.75) is 45.2 Å². The number of dihydropyridines is 1. The Kier molecular flexibility index (Phi) is 5.89. The molecular weight excluding hydrogens is 324 g/mol. The molecule has 2 heterocycles. The van der Waals surface area contributed by atoms with Crippen molar-refractivity contribution in [1.29, 1.82) is 0 Å². The number of likely N-dealkylation sites (N-methyl/N-ethyl adjacent to an activating group) is 1. The number of nitrogens with one attached hydrogen (secondary N) is 2. The second kappa shape index (κ2) is 8.32. The second-order valence-electron chi connectivity index (χ2n) is 6.73. The molecule has 0 amide bonds. The van der Waals surface area contributed by atoms with Gasteiger partial charge in [0.15, 0.2) is 0 Å². The van der Waals surface area contributed by atoms with Crippen molar-refractivity contribution >= 4 is 6.21 Å². The summed E-state index contributed by atoms with van der Waals surface area (Å²) in [4.78, 5) is 9.22. The first-order valence-corrected chi connectivity index (χ1v) is 9.26. The number of ether oxygens (including phenoxy) is 1. The normalized spacial score (nSPS) is 19.7. The van der Waals surface area contributed by atoms with Crippen LogP contribution in [0.15, 0.2) is 53.1 Å². The first-order chi connectivity index (χ1) is 12.6. The molecule has 138 valence electrons. The number of nitrogens with zero attached hydrogens (tertiary/aromatic N) is 2. The molecule has 1 unspecified atom stereocenters. The minimum absolute atomic E-state index is 0.0687. The van der Waals surface area contributed by atoms with Crippen molar-refractivity contribution < 1.29 is 4.74 Å². The highest BCUT2D eigenvalue weighted by Crippen LogP contribution is 2.41. The van der Waals surface area contributed by atoms with Crippen LogP contribution >= 0.6 is 0 Å². The van der Waals surface area contributed by atoms with E-state index < -0.39 is 0 Å². The van der Waals surface area contributed by atoms with Crippen LogP contribution in [-0.2, 0) is 11.3 Å². The Balaban J connectivity index is 1.75. The number of rotatable bonds is 8. The van der Waals surface area contributed by atoms with Gasteiger partial charge >= 0.3 is 0 Å². The third-order valence-corrected chi connectivity index (χ3v) is 4.76. The van der Waals surface area contributed by atoms with E-state index in [1.165, 1.54) is 24.0 Å². The van der Waals surface area contributed by atoms with E-state index >= 15 is 0 Å². The van der Waals surface area contributed by atoms with Crippen LogP contribution in [0.1, 0.15) is 42.5 Å². The van der Waals surface area contributed by atoms with Gasteiger partial charge in [0.2, 0.25) is 0 Å². The molecule has 3 rings (SSSR count). The lowest BCUT2D eigenvalue weighted by Crippen LogP contribution is -2.33. The summed E-state index contributed by atoms with van der Waals surface area (Å²) in [5, 5.41) is 6.51. The van der Waals surface area contributed by atoms with Crippen molar-refractivity contribution in [3.8, 4) is 0 Å². The molecule has 0 bridgehead atoms. The zero-order valence-corrected chi connectivity index (χ0v) is 15.9. The number of aryl methyl sites for hydroxylation is 1. The van der Waals surface area contributed by atoms with E-state index in [2.05, 4.69) is 46.3 Å². The molecule has 1 aliphatic carbocycles. The maximum absolute atomic E-state index is 5.58. The molecular formula is C21H28N4O. The largest absolute Gasteiger partial charge is 0.492 e. The predicted octanol–water partition coefficient (Wildman–Crippen LogP) is 3.35. The molecule has 1 fully saturated rings. The van der Waals surface area contributed by atoms with E-state index in [1.54, 1.807) is 0 Å². The van der Waals surface area contributed by atoms with Gasteiger partial charge in [-0.05, 0) is 69.1 Å². The van der Waals surface area contributed by atoms with E-state index in [4.69, 9.17) is 4.74 Å². The summed E-state index contributed by atoms with van der Waals surface area (Å²) < 4.78 is 5.58. The topological polar surface area (TPSA) is 58.5 Å². The van der Waals surface area contributed by atoms with Crippen molar-refractivity contribution in [1.82, 2.24) is 15.6 Å². The van der Waals surface area contributed by atoms with Gasteiger partial charge in [0, 0.05) is 18.0 Å². The van der Waals surface area contributed by atoms with Gasteiger partial charge in [-0.1, -0.05) is 6.58 Å². The average Bonchev–Trinajstić information content (AvgIpc) is 3.47. The fraction of sp³-hybridized carbons (Fsp3) is 0.429. The van der Waals surface area contributed by atoms with Crippen molar-refractivity contribution in [2.75, 3.05) is 13.7 Å². The third kappa shape index (κ3) is 4.22. The number of hydrogen-bond donors (Lipinski definition) is 2. The van der Waals surface area contributed by atoms with E-state index in [0.717, 1.165) is 22.9 Å². The molecule has 1 saturated carbocycles. The van der Waals surface area contributed by atoms with Gasteiger partial charge in [-0.15, -0.1) is 0 Å². The summed E-state index contributed by atoms with van der Waals surface area (Å²) in [6.45, 7) is 9.28. The Morgan fingerprint density at radius 2 is 2.31 bits per heavy atom. The highest BCUT2D eigenvalue weighted by Gasteiger charge is 2.25. The monoisotopic (exact) mass is 352 g/mol. The average molecular weight is 352 g/mol. The molecule has 0 radical (unpaired) electrons. The molecule has 5 heteroatoms. The van der Waals surface area contributed by atoms with E-state index in [1.807, 2.05) is 32.6 Å². The quantitative estimate of drug-likeness (QED) is 0.556. The highest BCUT2D eigenvalue weighted by molar-refractivity contribution is 5.83. The van der Waals surface area contributed by atoms with Gasteiger partial charge in [0.25, 0.3) is 0 Å². The summed E-state index contributed by atoms with van der Waals surface area (Å²) >= 11 is 0. The standard InChI is InChI=1S/C21H28N4O/c1-5-26-15(3)21-19(20(22-4)8-9-24-21)12-23-11-17-10-14(2)18(13-25-17)16-6-7-16/h8-10,12-13,16,20,22,24H,3,5-7,11H2,1-2,4H3. The van der Waals surface area contributed by atoms with Crippen molar-refractivity contribution in [2.24, 2.45) is 4.99 Å². The molecule has 26 heavy (non-hydrogen) atoms. The number of aliphatic imine (C=N–C) groups is 1. The fourth-order valence-corrected chi connectivity index (χ4v) is 3.23. The molecule has 1 aliphatic heterocycles. The van der Waals surface area contributed by atoms with Crippen LogP contribution in [0.3, 0.4) is 0 Å². The van der Waals surface area contributed by atoms with Crippen LogP contribution in [0.5, 0.6) is 0 Å². The summed E-state index contributed by atoms with van der Waals surface area (Å²) in [6.07, 6.45) is 10.5. The molecule has 5 nitrogen and oxygen atoms in total. The summed E-state index contributed by atoms with van der Waals surface area (Å²) in [7, 11) is 1.93. The highest BCUT2D eigenvalue weighted by atomic mass is 16.5. The molecule has 1 aromatic heterocycles. The van der Waals surface area contributed by atoms with Gasteiger partial charge in [-0.25, -0.2) is 0 Å². The van der Waals surface area contributed by atoms with Crippen LogP contribution < -0.4 is 10.6 Å². The van der Waals surface area contributed by atoms with Gasteiger partial charge in [-0.2, -0.15) is 0 Å². The van der Waals surface area contributed by atoms with E-state index in [0.29, 0.717) is 18.9 Å². The minimum atomic E-state index is 0.0687. The molecule has 0 aromatic carbocycles. The molecule has 2 N–H and O–H groups in total. The lowest BCUT2D eigenvalue weighted by atomic mass is 10.0. The van der Waals surface area contributed by atoms with Crippen molar-refractivity contribution in [3.05, 3.63) is 65.0 Å². The molecule has 0 spiro atoms. The molecule has 1 aromatic rings. The number of aromatic nitrogens is 1. The Morgan fingerprint density at radius 3 is 2.96 bits per heavy atom. The van der Waals surface area contributed by atoms with Crippen LogP contribution in [0, 0.1) is 6.92 Å². The van der Waals surface area contributed by atoms with Crippen LogP contribution in [0.2, 0.25) is 0 Å². The SMILES string of the molecule is C=C(OCC)C1=C(C=NCc2cc(C)c(C3CC3)cn2)C(NC)C=CN1. The zero-order chi connectivity index (χ0) is 18.5. The Bertz CT molecular complexity index is 759. The van der Waals surface area contributed by atoms with Crippen molar-refractivity contribution in [3.63, 3.8) is 0 Å². The summed E-state index contributed by atoms with van der Waals surface area (Å²) in [6, 6.07) is 2.23. The number of hydrogen-bond acceptors (Lipinski definition) is 5. The first-order valence-electron chi connectivity index (χ1n) is 9.26. The molecule has 0 saturated heterocycles. The third-order valence-electron chi connectivity index (χ3n) is 4.76. The van der Waals surface area contributed by atoms with Gasteiger partial charge in [0.1, 0.15) is 5.76 Å².